The standard InChI is InChI=1S/Mg.2NO3.4H2O/c;2*2-1(3)4;;;;/h;;;4*1H2/q+2;2*-1;;;;. The monoisotopic (exact) mass is 220 g/mol. The molecule has 13 heteroatoms. The largest absolute Gasteiger partial charge is 2.00 e. The number of hydrogen-bond donors (Lipinski definition) is 0. The molecule has 0 fully saturated rings. The first-order valence-corrected chi connectivity index (χ1v) is 1.10. The third-order valence-corrected chi connectivity index (χ3v) is 0. The van der Waals surface area contributed by atoms with Gasteiger partial charge in [0.1, 0.15) is 0 Å². The molecule has 0 amide bonds. The van der Waals surface area contributed by atoms with Crippen molar-refractivity contribution in [3.63, 3.8) is 0 Å². The zero-order chi connectivity index (χ0) is 7.15. The summed E-state index contributed by atoms with van der Waals surface area (Å²) >= 11 is 0. The van der Waals surface area contributed by atoms with Crippen molar-refractivity contribution in [1.82, 2.24) is 0 Å². The zero-order valence-electron chi connectivity index (χ0n) is 6.05. The van der Waals surface area contributed by atoms with Crippen LogP contribution in [0.3, 0.4) is 0 Å². The summed E-state index contributed by atoms with van der Waals surface area (Å²) in [6, 6.07) is 0. The molecule has 0 aliphatic heterocycles. The second-order valence-electron chi connectivity index (χ2n) is 0.447. The Balaban J connectivity index is -0.00000000800. The Morgan fingerprint density at radius 1 is 0.615 bits per heavy atom. The summed E-state index contributed by atoms with van der Waals surface area (Å²) in [6.45, 7) is 0. The van der Waals surface area contributed by atoms with Crippen LogP contribution in [-0.4, -0.2) is 55.1 Å². The molecule has 0 unspecified atom stereocenters. The third kappa shape index (κ3) is 904. The molecule has 0 aromatic heterocycles. The van der Waals surface area contributed by atoms with E-state index in [1.165, 1.54) is 0 Å². The van der Waals surface area contributed by atoms with Gasteiger partial charge in [-0.15, -0.1) is 0 Å². The Morgan fingerprint density at radius 3 is 0.615 bits per heavy atom. The van der Waals surface area contributed by atoms with Crippen molar-refractivity contribution in [2.24, 2.45) is 0 Å². The Morgan fingerprint density at radius 2 is 0.615 bits per heavy atom. The summed E-state index contributed by atoms with van der Waals surface area (Å²) in [6.07, 6.45) is 0. The fourth-order valence-corrected chi connectivity index (χ4v) is 0. The average Bonchev–Trinajstić information content (AvgIpc) is 1.25. The van der Waals surface area contributed by atoms with Gasteiger partial charge in [0.25, 0.3) is 0 Å². The van der Waals surface area contributed by atoms with E-state index in [-0.39, 0.29) is 45.0 Å². The van der Waals surface area contributed by atoms with E-state index in [0.29, 0.717) is 0 Å². The van der Waals surface area contributed by atoms with E-state index in [4.69, 9.17) is 30.6 Å². The molecule has 0 atom stereocenters. The molecule has 0 bridgehead atoms. The Hall–Kier alpha value is -0.994. The van der Waals surface area contributed by atoms with Gasteiger partial charge in [-0.2, -0.15) is 0 Å². The van der Waals surface area contributed by atoms with E-state index >= 15 is 0 Å². The van der Waals surface area contributed by atoms with Crippen LogP contribution in [0.2, 0.25) is 0 Å². The molecule has 0 aromatic rings. The van der Waals surface area contributed by atoms with Crippen molar-refractivity contribution in [2.75, 3.05) is 0 Å². The summed E-state index contributed by atoms with van der Waals surface area (Å²) < 4.78 is 0. The van der Waals surface area contributed by atoms with Gasteiger partial charge in [-0.3, -0.25) is 0 Å². The van der Waals surface area contributed by atoms with Gasteiger partial charge in [0.15, 0.2) is 0 Å². The molecule has 0 spiro atoms. The average molecular weight is 220 g/mol. The Kier molecular flexibility index (Phi) is 196. The van der Waals surface area contributed by atoms with Gasteiger partial charge in [-0.25, -0.2) is 0 Å². The molecule has 0 heterocycles. The van der Waals surface area contributed by atoms with Crippen molar-refractivity contribution < 1.29 is 32.1 Å². The van der Waals surface area contributed by atoms with Gasteiger partial charge in [-0.1, -0.05) is 0 Å². The zero-order valence-corrected chi connectivity index (χ0v) is 7.47. The quantitative estimate of drug-likeness (QED) is 0.222. The van der Waals surface area contributed by atoms with Gasteiger partial charge in [0.05, 0.1) is 10.2 Å². The minimum Gasteiger partial charge on any atom is -0.412 e. The summed E-state index contributed by atoms with van der Waals surface area (Å²) in [5.74, 6) is 0. The second kappa shape index (κ2) is 44.0. The van der Waals surface area contributed by atoms with Crippen molar-refractivity contribution >= 4 is 23.1 Å². The van der Waals surface area contributed by atoms with Crippen LogP contribution in [0.4, 0.5) is 0 Å². The van der Waals surface area contributed by atoms with Crippen LogP contribution in [0.5, 0.6) is 0 Å². The maximum atomic E-state index is 8.25. The van der Waals surface area contributed by atoms with Crippen LogP contribution in [-0.2, 0) is 0 Å². The third-order valence-electron chi connectivity index (χ3n) is 0. The molecule has 0 aliphatic carbocycles. The van der Waals surface area contributed by atoms with Crippen molar-refractivity contribution in [3.05, 3.63) is 30.6 Å². The van der Waals surface area contributed by atoms with Gasteiger partial charge in [-0.05, 0) is 0 Å². The Labute approximate surface area is 86.4 Å². The SMILES string of the molecule is O.O.O.O.O=[N+]([O-])[O-].O=[N+]([O-])[O-].[Mg+2]. The molecule has 0 saturated carbocycles. The fourth-order valence-electron chi connectivity index (χ4n) is 0. The molecule has 0 rings (SSSR count). The molecule has 13 heavy (non-hydrogen) atoms. The molecule has 8 N–H and O–H groups in total. The van der Waals surface area contributed by atoms with Crippen LogP contribution in [0, 0.1) is 30.6 Å². The maximum absolute atomic E-state index is 8.25. The van der Waals surface area contributed by atoms with E-state index in [9.17, 15) is 0 Å². The first-order chi connectivity index (χ1) is 3.46. The summed E-state index contributed by atoms with van der Waals surface area (Å²) in [5.41, 5.74) is 0. The molecular formula is H8MgN2O10. The van der Waals surface area contributed by atoms with Crippen molar-refractivity contribution in [2.45, 2.75) is 0 Å². The van der Waals surface area contributed by atoms with Crippen LogP contribution >= 0.6 is 0 Å². The number of nitrogens with zero attached hydrogens (tertiary/aromatic N) is 2. The minimum atomic E-state index is -1.75. The molecular weight excluding hydrogens is 212 g/mol. The van der Waals surface area contributed by atoms with Crippen molar-refractivity contribution in [1.29, 1.82) is 0 Å². The molecule has 0 aromatic carbocycles. The molecule has 0 aliphatic rings. The molecule has 12 nitrogen and oxygen atoms in total. The van der Waals surface area contributed by atoms with Gasteiger partial charge >= 0.3 is 23.1 Å². The van der Waals surface area contributed by atoms with E-state index in [2.05, 4.69) is 0 Å². The van der Waals surface area contributed by atoms with Crippen LogP contribution in [0.1, 0.15) is 0 Å². The first kappa shape index (κ1) is 58.0. The van der Waals surface area contributed by atoms with Crippen LogP contribution in [0.25, 0.3) is 0 Å². The fraction of sp³-hybridized carbons (Fsp3) is 0. The van der Waals surface area contributed by atoms with Gasteiger partial charge in [0.2, 0.25) is 0 Å². The number of hydrogen-bond acceptors (Lipinski definition) is 6. The number of rotatable bonds is 0. The van der Waals surface area contributed by atoms with Crippen LogP contribution < -0.4 is 0 Å². The van der Waals surface area contributed by atoms with E-state index < -0.39 is 10.2 Å². The van der Waals surface area contributed by atoms with Gasteiger partial charge < -0.3 is 52.5 Å². The van der Waals surface area contributed by atoms with Gasteiger partial charge in [0, 0.05) is 0 Å². The topological polar surface area (TPSA) is 258 Å². The van der Waals surface area contributed by atoms with E-state index in [1.807, 2.05) is 0 Å². The van der Waals surface area contributed by atoms with E-state index in [1.54, 1.807) is 0 Å². The van der Waals surface area contributed by atoms with Crippen molar-refractivity contribution in [3.8, 4) is 0 Å². The molecule has 0 saturated heterocycles. The normalized spacial score (nSPS) is 3.69. The summed E-state index contributed by atoms with van der Waals surface area (Å²) in [7, 11) is 0. The maximum Gasteiger partial charge on any atom is 2.00 e. The molecule has 0 radical (unpaired) electrons. The smallest absolute Gasteiger partial charge is 0.412 e. The van der Waals surface area contributed by atoms with E-state index in [0.717, 1.165) is 0 Å². The molecule has 80 valence electrons. The second-order valence-corrected chi connectivity index (χ2v) is 0.447. The van der Waals surface area contributed by atoms with Crippen LogP contribution in [0.15, 0.2) is 0 Å². The first-order valence-electron chi connectivity index (χ1n) is 1.10. The summed E-state index contributed by atoms with van der Waals surface area (Å²) in [5, 5.41) is 29.5. The summed E-state index contributed by atoms with van der Waals surface area (Å²) in [4.78, 5) is 16.5. The minimum absolute atomic E-state index is 0. The predicted molar refractivity (Wildman–Crippen MR) is 40.9 cm³/mol. The Bertz CT molecular complexity index is 70.9. The predicted octanol–water partition coefficient (Wildman–Crippen LogP) is -4.16.